The summed E-state index contributed by atoms with van der Waals surface area (Å²) in [4.78, 5) is 35.7. The van der Waals surface area contributed by atoms with Gasteiger partial charge in [-0.25, -0.2) is 4.79 Å². The highest BCUT2D eigenvalue weighted by Crippen LogP contribution is 2.19. The molecule has 0 atom stereocenters. The molecule has 3 aromatic rings. The van der Waals surface area contributed by atoms with Gasteiger partial charge in [-0.3, -0.25) is 14.9 Å². The van der Waals surface area contributed by atoms with Crippen molar-refractivity contribution in [1.29, 1.82) is 0 Å². The summed E-state index contributed by atoms with van der Waals surface area (Å²) in [5.41, 5.74) is 2.69. The molecule has 0 aliphatic carbocycles. The topological polar surface area (TPSA) is 72.5 Å². The van der Waals surface area contributed by atoms with Crippen LogP contribution in [0.25, 0.3) is 11.1 Å². The summed E-state index contributed by atoms with van der Waals surface area (Å²) < 4.78 is 4.97. The number of carbonyl (C=O) groups excluding carboxylic acids is 3. The molecule has 3 aromatic carbocycles. The standard InChI is InChI=1S/C22H17NO4/c24-20(23-21(25)18-9-5-2-6-10-18)15-27-22(26)19-13-11-17(12-14-19)16-7-3-1-4-8-16/h1-14H,15H2,(H,23,24,25). The summed E-state index contributed by atoms with van der Waals surface area (Å²) in [5, 5.41) is 2.18. The van der Waals surface area contributed by atoms with Crippen molar-refractivity contribution in [3.8, 4) is 11.1 Å². The van der Waals surface area contributed by atoms with Crippen LogP contribution in [0.15, 0.2) is 84.9 Å². The van der Waals surface area contributed by atoms with Crippen molar-refractivity contribution in [2.24, 2.45) is 0 Å². The van der Waals surface area contributed by atoms with E-state index >= 15 is 0 Å². The summed E-state index contributed by atoms with van der Waals surface area (Å²) in [6.07, 6.45) is 0. The zero-order chi connectivity index (χ0) is 19.1. The molecule has 0 saturated carbocycles. The van der Waals surface area contributed by atoms with E-state index in [0.717, 1.165) is 11.1 Å². The SMILES string of the molecule is O=C(COC(=O)c1ccc(-c2ccccc2)cc1)NC(=O)c1ccccc1. The van der Waals surface area contributed by atoms with E-state index in [0.29, 0.717) is 11.1 Å². The largest absolute Gasteiger partial charge is 0.452 e. The van der Waals surface area contributed by atoms with E-state index in [2.05, 4.69) is 5.32 Å². The van der Waals surface area contributed by atoms with Crippen LogP contribution < -0.4 is 5.32 Å². The number of carbonyl (C=O) groups is 3. The van der Waals surface area contributed by atoms with Gasteiger partial charge in [0.25, 0.3) is 11.8 Å². The van der Waals surface area contributed by atoms with Gasteiger partial charge in [0.05, 0.1) is 5.56 Å². The van der Waals surface area contributed by atoms with Crippen molar-refractivity contribution in [2.75, 3.05) is 6.61 Å². The second-order valence-electron chi connectivity index (χ2n) is 5.76. The van der Waals surface area contributed by atoms with Crippen LogP contribution in [0.5, 0.6) is 0 Å². The average Bonchev–Trinajstić information content (AvgIpc) is 2.73. The molecule has 0 spiro atoms. The van der Waals surface area contributed by atoms with Gasteiger partial charge in [-0.1, -0.05) is 60.7 Å². The van der Waals surface area contributed by atoms with Crippen LogP contribution in [0.3, 0.4) is 0 Å². The maximum atomic E-state index is 12.1. The summed E-state index contributed by atoms with van der Waals surface area (Å²) >= 11 is 0. The Morgan fingerprint density at radius 3 is 1.85 bits per heavy atom. The molecule has 27 heavy (non-hydrogen) atoms. The van der Waals surface area contributed by atoms with Gasteiger partial charge >= 0.3 is 5.97 Å². The van der Waals surface area contributed by atoms with Crippen LogP contribution in [0.1, 0.15) is 20.7 Å². The molecule has 0 aliphatic rings. The van der Waals surface area contributed by atoms with Crippen LogP contribution in [0, 0.1) is 0 Å². The second kappa shape index (κ2) is 8.58. The third-order valence-electron chi connectivity index (χ3n) is 3.85. The third-order valence-corrected chi connectivity index (χ3v) is 3.85. The number of imide groups is 1. The van der Waals surface area contributed by atoms with Crippen molar-refractivity contribution < 1.29 is 19.1 Å². The molecule has 134 valence electrons. The Kier molecular flexibility index (Phi) is 5.74. The number of nitrogens with one attached hydrogen (secondary N) is 1. The maximum absolute atomic E-state index is 12.1. The molecule has 0 bridgehead atoms. The molecule has 0 aromatic heterocycles. The van der Waals surface area contributed by atoms with E-state index < -0.39 is 24.4 Å². The number of amides is 2. The molecule has 0 heterocycles. The fourth-order valence-electron chi connectivity index (χ4n) is 2.47. The predicted molar refractivity (Wildman–Crippen MR) is 101 cm³/mol. The Labute approximate surface area is 156 Å². The molecule has 5 heteroatoms. The van der Waals surface area contributed by atoms with Crippen molar-refractivity contribution in [3.05, 3.63) is 96.1 Å². The van der Waals surface area contributed by atoms with Gasteiger partial charge in [0.15, 0.2) is 6.61 Å². The minimum absolute atomic E-state index is 0.330. The Hall–Kier alpha value is -3.73. The van der Waals surface area contributed by atoms with Crippen molar-refractivity contribution in [3.63, 3.8) is 0 Å². The number of rotatable bonds is 5. The molecule has 0 fully saturated rings. The molecule has 2 amide bonds. The first-order chi connectivity index (χ1) is 13.1. The highest BCUT2D eigenvalue weighted by Gasteiger charge is 2.13. The Bertz CT molecular complexity index is 935. The van der Waals surface area contributed by atoms with E-state index in [4.69, 9.17) is 4.74 Å². The molecular formula is C22H17NO4. The zero-order valence-electron chi connectivity index (χ0n) is 14.4. The second-order valence-corrected chi connectivity index (χ2v) is 5.76. The van der Waals surface area contributed by atoms with Gasteiger partial charge in [-0.2, -0.15) is 0 Å². The summed E-state index contributed by atoms with van der Waals surface area (Å²) in [7, 11) is 0. The Balaban J connectivity index is 1.53. The third kappa shape index (κ3) is 4.89. The summed E-state index contributed by atoms with van der Waals surface area (Å²) in [6, 6.07) is 25.0. The average molecular weight is 359 g/mol. The van der Waals surface area contributed by atoms with Gasteiger partial charge in [0.1, 0.15) is 0 Å². The van der Waals surface area contributed by atoms with Crippen LogP contribution in [-0.2, 0) is 9.53 Å². The minimum atomic E-state index is -0.682. The number of hydrogen-bond acceptors (Lipinski definition) is 4. The quantitative estimate of drug-likeness (QED) is 0.708. The molecule has 0 unspecified atom stereocenters. The summed E-state index contributed by atoms with van der Waals surface area (Å²) in [6.45, 7) is -0.530. The Morgan fingerprint density at radius 1 is 0.667 bits per heavy atom. The van der Waals surface area contributed by atoms with E-state index in [-0.39, 0.29) is 0 Å². The minimum Gasteiger partial charge on any atom is -0.452 e. The highest BCUT2D eigenvalue weighted by atomic mass is 16.5. The normalized spacial score (nSPS) is 10.1. The monoisotopic (exact) mass is 359 g/mol. The van der Waals surface area contributed by atoms with Gasteiger partial charge in [0.2, 0.25) is 0 Å². The maximum Gasteiger partial charge on any atom is 0.338 e. The van der Waals surface area contributed by atoms with Gasteiger partial charge in [-0.05, 0) is 35.4 Å². The molecule has 1 N–H and O–H groups in total. The number of benzene rings is 3. The molecule has 0 radical (unpaired) electrons. The van der Waals surface area contributed by atoms with Gasteiger partial charge in [-0.15, -0.1) is 0 Å². The lowest BCUT2D eigenvalue weighted by Crippen LogP contribution is -2.34. The molecule has 5 nitrogen and oxygen atoms in total. The Morgan fingerprint density at radius 2 is 1.22 bits per heavy atom. The van der Waals surface area contributed by atoms with Gasteiger partial charge < -0.3 is 4.74 Å². The van der Waals surface area contributed by atoms with Crippen molar-refractivity contribution in [1.82, 2.24) is 5.32 Å². The molecular weight excluding hydrogens is 342 g/mol. The fourth-order valence-corrected chi connectivity index (χ4v) is 2.47. The lowest BCUT2D eigenvalue weighted by molar-refractivity contribution is -0.123. The zero-order valence-corrected chi connectivity index (χ0v) is 14.4. The fraction of sp³-hybridized carbons (Fsp3) is 0.0455. The number of ether oxygens (including phenoxy) is 1. The van der Waals surface area contributed by atoms with E-state index in [1.807, 2.05) is 42.5 Å². The first-order valence-electron chi connectivity index (χ1n) is 8.35. The molecule has 0 saturated heterocycles. The van der Waals surface area contributed by atoms with E-state index in [9.17, 15) is 14.4 Å². The lowest BCUT2D eigenvalue weighted by Gasteiger charge is -2.07. The van der Waals surface area contributed by atoms with Crippen LogP contribution in [0.4, 0.5) is 0 Å². The first kappa shape index (κ1) is 18.1. The van der Waals surface area contributed by atoms with Crippen molar-refractivity contribution in [2.45, 2.75) is 0 Å². The number of hydrogen-bond donors (Lipinski definition) is 1. The molecule has 0 aliphatic heterocycles. The van der Waals surface area contributed by atoms with Crippen LogP contribution in [-0.4, -0.2) is 24.4 Å². The lowest BCUT2D eigenvalue weighted by atomic mass is 10.0. The van der Waals surface area contributed by atoms with Crippen molar-refractivity contribution >= 4 is 17.8 Å². The van der Waals surface area contributed by atoms with Crippen LogP contribution in [0.2, 0.25) is 0 Å². The summed E-state index contributed by atoms with van der Waals surface area (Å²) in [5.74, 6) is -1.85. The molecule has 3 rings (SSSR count). The van der Waals surface area contributed by atoms with E-state index in [1.165, 1.54) is 0 Å². The van der Waals surface area contributed by atoms with Gasteiger partial charge in [0, 0.05) is 5.56 Å². The predicted octanol–water partition coefficient (Wildman–Crippen LogP) is 3.47. The number of esters is 1. The smallest absolute Gasteiger partial charge is 0.338 e. The van der Waals surface area contributed by atoms with E-state index in [1.54, 1.807) is 42.5 Å². The van der Waals surface area contributed by atoms with Crippen LogP contribution >= 0.6 is 0 Å². The first-order valence-corrected chi connectivity index (χ1v) is 8.35. The highest BCUT2D eigenvalue weighted by molar-refractivity contribution is 6.05.